The highest BCUT2D eigenvalue weighted by atomic mass is 32.2. The number of ether oxygens (including phenoxy) is 1. The zero-order valence-electron chi connectivity index (χ0n) is 13.3. The van der Waals surface area contributed by atoms with Gasteiger partial charge in [-0.3, -0.25) is 4.79 Å². The van der Waals surface area contributed by atoms with Crippen LogP contribution in [-0.2, 0) is 11.3 Å². The molecule has 1 aliphatic rings. The Bertz CT molecular complexity index is 737. The molecule has 0 saturated heterocycles. The number of fused-ring (bicyclic) bond motifs is 1. The number of nitrogens with zero attached hydrogens (tertiary/aromatic N) is 1. The molecule has 0 atom stereocenters. The number of benzene rings is 2. The van der Waals surface area contributed by atoms with Crippen molar-refractivity contribution >= 4 is 23.7 Å². The number of carbonyl (C=O) groups excluding carboxylic acids is 1. The highest BCUT2D eigenvalue weighted by molar-refractivity contribution is 7.98. The highest BCUT2D eigenvalue weighted by Gasteiger charge is 2.20. The number of likely N-dealkylation sites (N-methyl/N-ethyl adjacent to an activating group) is 1. The molecule has 118 valence electrons. The predicted molar refractivity (Wildman–Crippen MR) is 94.6 cm³/mol. The van der Waals surface area contributed by atoms with Crippen molar-refractivity contribution in [3.63, 3.8) is 0 Å². The molecule has 0 radical (unpaired) electrons. The first kappa shape index (κ1) is 15.7. The number of thioether (sulfide) groups is 1. The Kier molecular flexibility index (Phi) is 4.72. The second-order valence-corrected chi connectivity index (χ2v) is 6.39. The van der Waals surface area contributed by atoms with Gasteiger partial charge in [0.15, 0.2) is 0 Å². The number of para-hydroxylation sites is 1. The van der Waals surface area contributed by atoms with Crippen LogP contribution in [0.2, 0.25) is 0 Å². The van der Waals surface area contributed by atoms with Crippen LogP contribution in [0.3, 0.4) is 0 Å². The zero-order valence-corrected chi connectivity index (χ0v) is 14.1. The van der Waals surface area contributed by atoms with Gasteiger partial charge in [-0.15, -0.1) is 11.8 Å². The Labute approximate surface area is 141 Å². The monoisotopic (exact) mass is 325 g/mol. The SMILES string of the molecule is CSc1ccc(CN(C)C(=O)C2=Cc3ccccc3OC2)cc1. The Morgan fingerprint density at radius 2 is 1.91 bits per heavy atom. The molecule has 0 N–H and O–H groups in total. The summed E-state index contributed by atoms with van der Waals surface area (Å²) in [5, 5.41) is 0. The van der Waals surface area contributed by atoms with E-state index in [1.807, 2.05) is 37.4 Å². The number of carbonyl (C=O) groups is 1. The van der Waals surface area contributed by atoms with E-state index in [0.29, 0.717) is 18.7 Å². The summed E-state index contributed by atoms with van der Waals surface area (Å²) in [5.41, 5.74) is 2.77. The minimum Gasteiger partial charge on any atom is -0.488 e. The topological polar surface area (TPSA) is 29.5 Å². The first-order valence-corrected chi connectivity index (χ1v) is 8.70. The molecule has 2 aromatic rings. The van der Waals surface area contributed by atoms with Crippen molar-refractivity contribution in [2.45, 2.75) is 11.4 Å². The number of amides is 1. The third-order valence-electron chi connectivity index (χ3n) is 3.83. The van der Waals surface area contributed by atoms with Gasteiger partial charge in [0.05, 0.1) is 5.57 Å². The Morgan fingerprint density at radius 1 is 1.17 bits per heavy atom. The van der Waals surface area contributed by atoms with Gasteiger partial charge < -0.3 is 9.64 Å². The highest BCUT2D eigenvalue weighted by Crippen LogP contribution is 2.26. The van der Waals surface area contributed by atoms with Crippen LogP contribution in [0.15, 0.2) is 59.0 Å². The van der Waals surface area contributed by atoms with E-state index in [1.54, 1.807) is 16.7 Å². The minimum atomic E-state index is 0.00782. The van der Waals surface area contributed by atoms with E-state index >= 15 is 0 Å². The standard InChI is InChI=1S/C19H19NO2S/c1-20(12-14-7-9-17(23-2)10-8-14)19(21)16-11-15-5-3-4-6-18(15)22-13-16/h3-11H,12-13H2,1-2H3. The quantitative estimate of drug-likeness (QED) is 0.800. The fraction of sp³-hybridized carbons (Fsp3) is 0.211. The molecular weight excluding hydrogens is 306 g/mol. The third-order valence-corrected chi connectivity index (χ3v) is 4.58. The number of hydrogen-bond acceptors (Lipinski definition) is 3. The van der Waals surface area contributed by atoms with Crippen LogP contribution >= 0.6 is 11.8 Å². The summed E-state index contributed by atoms with van der Waals surface area (Å²) >= 11 is 1.71. The lowest BCUT2D eigenvalue weighted by molar-refractivity contribution is -0.126. The maximum atomic E-state index is 12.6. The maximum absolute atomic E-state index is 12.6. The third kappa shape index (κ3) is 3.59. The fourth-order valence-corrected chi connectivity index (χ4v) is 2.97. The van der Waals surface area contributed by atoms with Gasteiger partial charge in [0.1, 0.15) is 12.4 Å². The molecule has 3 rings (SSSR count). The lowest BCUT2D eigenvalue weighted by Gasteiger charge is -2.22. The molecule has 0 spiro atoms. The molecular formula is C19H19NO2S. The molecule has 4 heteroatoms. The first-order valence-electron chi connectivity index (χ1n) is 7.48. The van der Waals surface area contributed by atoms with Gasteiger partial charge in [0.2, 0.25) is 0 Å². The van der Waals surface area contributed by atoms with Crippen molar-refractivity contribution in [3.8, 4) is 5.75 Å². The minimum absolute atomic E-state index is 0.00782. The second-order valence-electron chi connectivity index (χ2n) is 5.51. The van der Waals surface area contributed by atoms with Gasteiger partial charge >= 0.3 is 0 Å². The van der Waals surface area contributed by atoms with Crippen molar-refractivity contribution in [2.24, 2.45) is 0 Å². The summed E-state index contributed by atoms with van der Waals surface area (Å²) in [6.45, 7) is 0.915. The van der Waals surface area contributed by atoms with E-state index in [4.69, 9.17) is 4.74 Å². The molecule has 0 unspecified atom stereocenters. The van der Waals surface area contributed by atoms with E-state index < -0.39 is 0 Å². The van der Waals surface area contributed by atoms with E-state index in [0.717, 1.165) is 16.9 Å². The predicted octanol–water partition coefficient (Wildman–Crippen LogP) is 3.84. The first-order chi connectivity index (χ1) is 11.2. The maximum Gasteiger partial charge on any atom is 0.253 e. The molecule has 3 nitrogen and oxygen atoms in total. The smallest absolute Gasteiger partial charge is 0.253 e. The van der Waals surface area contributed by atoms with Crippen LogP contribution in [0.5, 0.6) is 5.75 Å². The van der Waals surface area contributed by atoms with Crippen LogP contribution < -0.4 is 4.74 Å². The lowest BCUT2D eigenvalue weighted by Crippen LogP contribution is -2.30. The van der Waals surface area contributed by atoms with Crippen molar-refractivity contribution in [3.05, 3.63) is 65.2 Å². The summed E-state index contributed by atoms with van der Waals surface area (Å²) < 4.78 is 5.67. The van der Waals surface area contributed by atoms with Gasteiger partial charge in [-0.2, -0.15) is 0 Å². The summed E-state index contributed by atoms with van der Waals surface area (Å²) in [7, 11) is 1.83. The van der Waals surface area contributed by atoms with Crippen LogP contribution in [-0.4, -0.2) is 30.7 Å². The van der Waals surface area contributed by atoms with Gasteiger partial charge in [0.25, 0.3) is 5.91 Å². The molecule has 1 amide bonds. The van der Waals surface area contributed by atoms with Gasteiger partial charge in [-0.05, 0) is 36.1 Å². The normalized spacial score (nSPS) is 12.9. The fourth-order valence-electron chi connectivity index (χ4n) is 2.56. The molecule has 0 aromatic heterocycles. The molecule has 23 heavy (non-hydrogen) atoms. The van der Waals surface area contributed by atoms with Crippen LogP contribution in [0.25, 0.3) is 6.08 Å². The van der Waals surface area contributed by atoms with Crippen LogP contribution in [0.1, 0.15) is 11.1 Å². The molecule has 0 saturated carbocycles. The van der Waals surface area contributed by atoms with Gasteiger partial charge in [0, 0.05) is 24.1 Å². The summed E-state index contributed by atoms with van der Waals surface area (Å²) in [6.07, 6.45) is 3.98. The Balaban J connectivity index is 1.71. The van der Waals surface area contributed by atoms with Crippen LogP contribution in [0, 0.1) is 0 Å². The van der Waals surface area contributed by atoms with E-state index in [2.05, 4.69) is 30.5 Å². The van der Waals surface area contributed by atoms with Crippen molar-refractivity contribution in [1.82, 2.24) is 4.90 Å². The zero-order chi connectivity index (χ0) is 16.2. The van der Waals surface area contributed by atoms with Crippen molar-refractivity contribution in [1.29, 1.82) is 0 Å². The average Bonchev–Trinajstić information content (AvgIpc) is 2.61. The van der Waals surface area contributed by atoms with Crippen molar-refractivity contribution in [2.75, 3.05) is 19.9 Å². The molecule has 1 aliphatic heterocycles. The molecule has 1 heterocycles. The molecule has 0 aliphatic carbocycles. The second kappa shape index (κ2) is 6.92. The van der Waals surface area contributed by atoms with Gasteiger partial charge in [-0.1, -0.05) is 30.3 Å². The number of hydrogen-bond donors (Lipinski definition) is 0. The van der Waals surface area contributed by atoms with E-state index in [9.17, 15) is 4.79 Å². The van der Waals surface area contributed by atoms with Crippen LogP contribution in [0.4, 0.5) is 0 Å². The summed E-state index contributed by atoms with van der Waals surface area (Å²) in [6, 6.07) is 16.1. The summed E-state index contributed by atoms with van der Waals surface area (Å²) in [5.74, 6) is 0.841. The molecule has 0 bridgehead atoms. The lowest BCUT2D eigenvalue weighted by atomic mass is 10.1. The Morgan fingerprint density at radius 3 is 2.65 bits per heavy atom. The van der Waals surface area contributed by atoms with Crippen molar-refractivity contribution < 1.29 is 9.53 Å². The van der Waals surface area contributed by atoms with E-state index in [1.165, 1.54) is 4.90 Å². The van der Waals surface area contributed by atoms with E-state index in [-0.39, 0.29) is 5.91 Å². The summed E-state index contributed by atoms with van der Waals surface area (Å²) in [4.78, 5) is 15.6. The largest absolute Gasteiger partial charge is 0.488 e. The number of rotatable bonds is 4. The van der Waals surface area contributed by atoms with Gasteiger partial charge in [-0.25, -0.2) is 0 Å². The average molecular weight is 325 g/mol. The molecule has 2 aromatic carbocycles. The Hall–Kier alpha value is -2.20. The molecule has 0 fully saturated rings.